The summed E-state index contributed by atoms with van der Waals surface area (Å²) in [6.07, 6.45) is 0. The lowest BCUT2D eigenvalue weighted by Gasteiger charge is -2.14. The Kier molecular flexibility index (Phi) is 6.65. The van der Waals surface area contributed by atoms with Crippen LogP contribution in [-0.2, 0) is 19.6 Å². The molecule has 0 bridgehead atoms. The Morgan fingerprint density at radius 2 is 1.81 bits per heavy atom. The number of esters is 1. The molecule has 7 nitrogen and oxygen atoms in total. The van der Waals surface area contributed by atoms with Gasteiger partial charge in [-0.25, -0.2) is 12.8 Å². The summed E-state index contributed by atoms with van der Waals surface area (Å²) < 4.78 is 49.6. The number of hydrogen-bond donors (Lipinski definition) is 1. The molecule has 0 saturated heterocycles. The molecule has 0 aliphatic heterocycles. The minimum Gasteiger partial charge on any atom is -0.497 e. The molecule has 0 aliphatic carbocycles. The van der Waals surface area contributed by atoms with Crippen LogP contribution in [0.2, 0.25) is 0 Å². The summed E-state index contributed by atoms with van der Waals surface area (Å²) in [4.78, 5) is 23.8. The second-order valence-electron chi connectivity index (χ2n) is 5.56. The molecular formula is C18H18FNO6S. The molecular weight excluding hydrogens is 377 g/mol. The molecule has 1 N–H and O–H groups in total. The highest BCUT2D eigenvalue weighted by molar-refractivity contribution is 7.89. The lowest BCUT2D eigenvalue weighted by Crippen LogP contribution is -2.40. The fourth-order valence-corrected chi connectivity index (χ4v) is 3.30. The number of sulfonamides is 1. The van der Waals surface area contributed by atoms with Crippen molar-refractivity contribution in [3.8, 4) is 5.75 Å². The zero-order valence-electron chi connectivity index (χ0n) is 14.6. The van der Waals surface area contributed by atoms with E-state index < -0.39 is 40.2 Å². The van der Waals surface area contributed by atoms with E-state index in [1.54, 1.807) is 0 Å². The summed E-state index contributed by atoms with van der Waals surface area (Å²) in [6, 6.07) is 9.30. The van der Waals surface area contributed by atoms with Crippen LogP contribution < -0.4 is 9.46 Å². The zero-order chi connectivity index (χ0) is 20.0. The molecule has 0 radical (unpaired) electrons. The van der Waals surface area contributed by atoms with E-state index in [9.17, 15) is 22.4 Å². The van der Waals surface area contributed by atoms with Crippen molar-refractivity contribution in [3.05, 3.63) is 59.9 Å². The van der Waals surface area contributed by atoms with Gasteiger partial charge in [0.15, 0.2) is 12.4 Å². The van der Waals surface area contributed by atoms with Crippen LogP contribution in [0.15, 0.2) is 53.4 Å². The van der Waals surface area contributed by atoms with E-state index in [1.165, 1.54) is 56.5 Å². The summed E-state index contributed by atoms with van der Waals surface area (Å²) in [5.41, 5.74) is 0.0502. The van der Waals surface area contributed by atoms with E-state index in [2.05, 4.69) is 4.72 Å². The van der Waals surface area contributed by atoms with Gasteiger partial charge in [0.05, 0.1) is 12.0 Å². The molecule has 144 valence electrons. The van der Waals surface area contributed by atoms with Crippen LogP contribution >= 0.6 is 0 Å². The first kappa shape index (κ1) is 20.5. The summed E-state index contributed by atoms with van der Waals surface area (Å²) in [5.74, 6) is -1.64. The number of Topliss-reactive ketones (excluding diaryl/α,β-unsaturated/α-hetero) is 1. The van der Waals surface area contributed by atoms with Crippen molar-refractivity contribution in [1.82, 2.24) is 4.72 Å². The highest BCUT2D eigenvalue weighted by atomic mass is 32.2. The lowest BCUT2D eigenvalue weighted by molar-refractivity contribution is -0.144. The Hall–Kier alpha value is -2.78. The van der Waals surface area contributed by atoms with Gasteiger partial charge in [-0.05, 0) is 43.3 Å². The number of rotatable bonds is 8. The number of nitrogens with one attached hydrogen (secondary N) is 1. The molecule has 0 fully saturated rings. The number of halogens is 1. The minimum absolute atomic E-state index is 0.0502. The number of benzene rings is 2. The molecule has 2 rings (SSSR count). The quantitative estimate of drug-likeness (QED) is 0.542. The number of carbonyl (C=O) groups excluding carboxylic acids is 2. The topological polar surface area (TPSA) is 98.8 Å². The second-order valence-corrected chi connectivity index (χ2v) is 7.27. The van der Waals surface area contributed by atoms with Crippen LogP contribution in [-0.4, -0.2) is 39.9 Å². The zero-order valence-corrected chi connectivity index (χ0v) is 15.5. The van der Waals surface area contributed by atoms with Gasteiger partial charge < -0.3 is 9.47 Å². The Morgan fingerprint density at radius 1 is 1.15 bits per heavy atom. The van der Waals surface area contributed by atoms with Gasteiger partial charge in [-0.15, -0.1) is 0 Å². The Balaban J connectivity index is 1.95. The van der Waals surface area contributed by atoms with Crippen molar-refractivity contribution in [2.45, 2.75) is 17.9 Å². The van der Waals surface area contributed by atoms with Gasteiger partial charge in [-0.2, -0.15) is 4.72 Å². The summed E-state index contributed by atoms with van der Waals surface area (Å²) in [7, 11) is -2.52. The Morgan fingerprint density at radius 3 is 2.41 bits per heavy atom. The molecule has 0 amide bonds. The van der Waals surface area contributed by atoms with Crippen molar-refractivity contribution in [2.75, 3.05) is 13.7 Å². The van der Waals surface area contributed by atoms with Crippen LogP contribution in [0.3, 0.4) is 0 Å². The van der Waals surface area contributed by atoms with Gasteiger partial charge in [-0.3, -0.25) is 9.59 Å². The smallest absolute Gasteiger partial charge is 0.324 e. The number of ether oxygens (including phenoxy) is 2. The first-order valence-corrected chi connectivity index (χ1v) is 9.33. The Bertz CT molecular complexity index is 927. The first-order chi connectivity index (χ1) is 12.7. The molecule has 0 saturated carbocycles. The van der Waals surface area contributed by atoms with E-state index in [0.29, 0.717) is 5.75 Å². The molecule has 2 aromatic carbocycles. The van der Waals surface area contributed by atoms with Gasteiger partial charge in [0.25, 0.3) is 0 Å². The standard InChI is InChI=1S/C18H18FNO6S/c1-12(20-27(23,24)16-8-6-15(25-2)7-9-16)18(22)26-11-17(21)13-4-3-5-14(19)10-13/h3-10,12,20H,11H2,1-2H3/t12-/m0/s1. The summed E-state index contributed by atoms with van der Waals surface area (Å²) in [5, 5.41) is 0. The molecule has 9 heteroatoms. The van der Waals surface area contributed by atoms with E-state index >= 15 is 0 Å². The molecule has 0 heterocycles. The van der Waals surface area contributed by atoms with Gasteiger partial charge in [-0.1, -0.05) is 12.1 Å². The monoisotopic (exact) mass is 395 g/mol. The molecule has 0 spiro atoms. The van der Waals surface area contributed by atoms with Crippen molar-refractivity contribution < 1.29 is 31.9 Å². The van der Waals surface area contributed by atoms with E-state index in [1.807, 2.05) is 0 Å². The SMILES string of the molecule is COc1ccc(S(=O)(=O)N[C@@H](C)C(=O)OCC(=O)c2cccc(F)c2)cc1. The largest absolute Gasteiger partial charge is 0.497 e. The third-order valence-electron chi connectivity index (χ3n) is 3.55. The molecule has 0 aliphatic rings. The van der Waals surface area contributed by atoms with Gasteiger partial charge in [0.1, 0.15) is 17.6 Å². The minimum atomic E-state index is -3.97. The molecule has 0 aromatic heterocycles. The van der Waals surface area contributed by atoms with Crippen molar-refractivity contribution in [3.63, 3.8) is 0 Å². The fraction of sp³-hybridized carbons (Fsp3) is 0.222. The summed E-state index contributed by atoms with van der Waals surface area (Å²) in [6.45, 7) is 0.660. The number of methoxy groups -OCH3 is 1. The van der Waals surface area contributed by atoms with Crippen molar-refractivity contribution in [2.24, 2.45) is 0 Å². The number of carbonyl (C=O) groups is 2. The highest BCUT2D eigenvalue weighted by Gasteiger charge is 2.24. The van der Waals surface area contributed by atoms with Crippen LogP contribution in [0.5, 0.6) is 5.75 Å². The van der Waals surface area contributed by atoms with Crippen molar-refractivity contribution in [1.29, 1.82) is 0 Å². The highest BCUT2D eigenvalue weighted by Crippen LogP contribution is 2.15. The van der Waals surface area contributed by atoms with Gasteiger partial charge >= 0.3 is 5.97 Å². The maximum absolute atomic E-state index is 13.1. The Labute approximate surface area is 156 Å². The van der Waals surface area contributed by atoms with Crippen LogP contribution in [0.1, 0.15) is 17.3 Å². The van der Waals surface area contributed by atoms with Gasteiger partial charge in [0, 0.05) is 5.56 Å². The van der Waals surface area contributed by atoms with Crippen molar-refractivity contribution >= 4 is 21.8 Å². The maximum Gasteiger partial charge on any atom is 0.324 e. The lowest BCUT2D eigenvalue weighted by atomic mass is 10.1. The van der Waals surface area contributed by atoms with Gasteiger partial charge in [0.2, 0.25) is 10.0 Å². The normalized spacial score (nSPS) is 12.3. The fourth-order valence-electron chi connectivity index (χ4n) is 2.11. The number of ketones is 1. The van der Waals surface area contributed by atoms with E-state index in [4.69, 9.17) is 9.47 Å². The molecule has 27 heavy (non-hydrogen) atoms. The predicted molar refractivity (Wildman–Crippen MR) is 94.5 cm³/mol. The van der Waals surface area contributed by atoms with Crippen LogP contribution in [0, 0.1) is 5.82 Å². The van der Waals surface area contributed by atoms with E-state index in [-0.39, 0.29) is 10.5 Å². The number of hydrogen-bond acceptors (Lipinski definition) is 6. The second kappa shape index (κ2) is 8.74. The molecule has 0 unspecified atom stereocenters. The third kappa shape index (κ3) is 5.60. The van der Waals surface area contributed by atoms with Crippen LogP contribution in [0.4, 0.5) is 4.39 Å². The predicted octanol–water partition coefficient (Wildman–Crippen LogP) is 1.93. The average molecular weight is 395 g/mol. The first-order valence-electron chi connectivity index (χ1n) is 7.84. The average Bonchev–Trinajstić information content (AvgIpc) is 2.65. The van der Waals surface area contributed by atoms with E-state index in [0.717, 1.165) is 6.07 Å². The molecule has 2 aromatic rings. The third-order valence-corrected chi connectivity index (χ3v) is 5.10. The van der Waals surface area contributed by atoms with Crippen LogP contribution in [0.25, 0.3) is 0 Å². The maximum atomic E-state index is 13.1. The molecule has 1 atom stereocenters. The summed E-state index contributed by atoms with van der Waals surface area (Å²) >= 11 is 0.